The number of carbonyl (C=O) groups is 10. The Bertz CT molecular complexity index is 3230. The van der Waals surface area contributed by atoms with Crippen LogP contribution >= 0.6 is 11.6 Å². The van der Waals surface area contributed by atoms with E-state index in [0.29, 0.717) is 45.1 Å². The van der Waals surface area contributed by atoms with E-state index >= 15 is 0 Å². The number of aliphatic hydroxyl groups excluding tert-OH is 1. The van der Waals surface area contributed by atoms with Gasteiger partial charge in [0.2, 0.25) is 53.2 Å². The number of unbranched alkanes of at least 4 members (excludes halogenated alkanes) is 1. The number of rotatable bonds is 19. The highest BCUT2D eigenvalue weighted by Crippen LogP contribution is 2.23. The lowest BCUT2D eigenvalue weighted by atomic mass is 9.83. The first kappa shape index (κ1) is 63.9. The third-order valence-corrected chi connectivity index (χ3v) is 14.5. The average molecular weight is 1200 g/mol. The second kappa shape index (κ2) is 30.3. The molecule has 2 aliphatic rings. The topological polar surface area (TPSA) is 430 Å². The van der Waals surface area contributed by atoms with Crippen LogP contribution in [0.15, 0.2) is 127 Å². The molecule has 1 unspecified atom stereocenters. The summed E-state index contributed by atoms with van der Waals surface area (Å²) in [6.07, 6.45) is -2.72. The van der Waals surface area contributed by atoms with Crippen LogP contribution in [0.25, 0.3) is 0 Å². The molecule has 5 aromatic rings. The van der Waals surface area contributed by atoms with E-state index in [-0.39, 0.29) is 56.6 Å². The number of phenols is 2. The number of primary amides is 1. The summed E-state index contributed by atoms with van der Waals surface area (Å²) in [6, 6.07) is 18.5. The second-order valence-electron chi connectivity index (χ2n) is 20.8. The van der Waals surface area contributed by atoms with Crippen molar-refractivity contribution < 1.29 is 63.3 Å². The molecule has 454 valence electrons. The fourth-order valence-corrected chi connectivity index (χ4v) is 9.73. The molecule has 2 bridgehead atoms. The third kappa shape index (κ3) is 18.2. The monoisotopic (exact) mass is 1200 g/mol. The first-order valence-corrected chi connectivity index (χ1v) is 27.9. The molecule has 0 saturated carbocycles. The fourth-order valence-electron chi connectivity index (χ4n) is 9.60. The summed E-state index contributed by atoms with van der Waals surface area (Å²) in [7, 11) is 0. The predicted octanol–water partition coefficient (Wildman–Crippen LogP) is -0.878. The highest BCUT2D eigenvalue weighted by molar-refractivity contribution is 6.30. The molecule has 0 spiro atoms. The number of aliphatic hydroxyl groups is 1. The Labute approximate surface area is 498 Å². The molecule has 7 rings (SSSR count). The van der Waals surface area contributed by atoms with E-state index in [2.05, 4.69) is 53.2 Å². The number of piperidine rings is 1. The minimum absolute atomic E-state index is 0.0767. The Morgan fingerprint density at radius 3 is 1.69 bits per heavy atom. The number of hydrogen-bond acceptors (Lipinski definition) is 15. The lowest BCUT2D eigenvalue weighted by molar-refractivity contribution is -0.150. The minimum atomic E-state index is -2.27. The van der Waals surface area contributed by atoms with E-state index in [1.54, 1.807) is 78.9 Å². The van der Waals surface area contributed by atoms with Crippen molar-refractivity contribution in [1.29, 1.82) is 0 Å². The third-order valence-electron chi connectivity index (χ3n) is 14.3. The first-order valence-electron chi connectivity index (χ1n) is 27.5. The lowest BCUT2D eigenvalue weighted by Gasteiger charge is -2.40. The van der Waals surface area contributed by atoms with Gasteiger partial charge in [0, 0.05) is 42.2 Å². The SMILES string of the molecule is NCCCC[C@@H]1NC(=O)[C@@H](Cc2ccc(NC(=O)Nc3ccccc3)cc2)NC(=O)[C@H](Cc2ccc(O)cc2)NC(=O)[C@H](NC(=O)[C@@H](N)Cc2ccc(Cl)cc2)CNC(=O)C2[C@@H](C(=O)N[C@H](Cc3ccc(O)cc3)C(N)=O)NC(=O)[C@@H](NC1=O)[C@@H]2O. The van der Waals surface area contributed by atoms with Crippen molar-refractivity contribution in [3.05, 3.63) is 155 Å². The van der Waals surface area contributed by atoms with Crippen LogP contribution in [-0.2, 0) is 68.8 Å². The number of urea groups is 1. The van der Waals surface area contributed by atoms with E-state index in [1.807, 2.05) is 0 Å². The van der Waals surface area contributed by atoms with Gasteiger partial charge in [-0.2, -0.15) is 0 Å². The van der Waals surface area contributed by atoms with Gasteiger partial charge < -0.3 is 85.7 Å². The number of benzene rings is 5. The van der Waals surface area contributed by atoms with Crippen LogP contribution in [0, 0.1) is 5.92 Å². The van der Waals surface area contributed by atoms with Gasteiger partial charge in [0.05, 0.1) is 18.1 Å². The van der Waals surface area contributed by atoms with Gasteiger partial charge in [-0.25, -0.2) is 4.79 Å². The van der Waals surface area contributed by atoms with Crippen molar-refractivity contribution in [2.45, 2.75) is 99.4 Å². The van der Waals surface area contributed by atoms with E-state index < -0.39 is 126 Å². The summed E-state index contributed by atoms with van der Waals surface area (Å²) in [6.45, 7) is -0.678. The van der Waals surface area contributed by atoms with Crippen LogP contribution in [0.1, 0.15) is 41.5 Å². The van der Waals surface area contributed by atoms with Gasteiger partial charge in [-0.3, -0.25) is 43.2 Å². The quantitative estimate of drug-likeness (QED) is 0.0447. The summed E-state index contributed by atoms with van der Waals surface area (Å²) in [4.78, 5) is 142. The van der Waals surface area contributed by atoms with Gasteiger partial charge in [0.25, 0.3) is 0 Å². The van der Waals surface area contributed by atoms with Gasteiger partial charge in [0.15, 0.2) is 0 Å². The smallest absolute Gasteiger partial charge is 0.323 e. The molecule has 2 fully saturated rings. The van der Waals surface area contributed by atoms with Gasteiger partial charge >= 0.3 is 6.03 Å². The molecular formula is C59H68ClN13O13. The standard InChI is InChI=1S/C59H68ClN13O13/c60-35-17-9-31(10-18-35)26-40(62)51(78)71-45-30-64-56(83)46-47(57(84)68-42(50(63)77)27-33-13-21-38(74)22-14-33)72-58(85)48(49(46)76)73-52(79)41(8-4-5-25-61)67-53(80)43(69-54(81)44(70-55(45)82)29-34-15-23-39(75)24-16-34)28-32-11-19-37(20-12-32)66-59(86)65-36-6-2-1-3-7-36/h1-3,6-7,9-24,40-49,74-76H,4-5,8,25-30,61-62H2,(H2,63,77)(H,64,83)(H,67,80)(H,68,84)(H,69,81)(H,70,82)(H,71,78)(H,72,85)(H,73,79)(H2,65,66,86)/t40-,41-,42+,43+,44-,45+,46?,47-,48-,49+/m0/s1. The average Bonchev–Trinajstić information content (AvgIpc) is 1.24. The zero-order valence-corrected chi connectivity index (χ0v) is 47.1. The number of nitrogens with one attached hydrogen (secondary N) is 10. The van der Waals surface area contributed by atoms with Crippen LogP contribution in [-0.4, -0.2) is 142 Å². The number of amides is 11. The number of fused-ring (bicyclic) bond motifs is 2. The van der Waals surface area contributed by atoms with Crippen molar-refractivity contribution in [1.82, 2.24) is 42.5 Å². The van der Waals surface area contributed by atoms with Crippen molar-refractivity contribution in [3.8, 4) is 11.5 Å². The number of carbonyl (C=O) groups excluding carboxylic acids is 10. The van der Waals surface area contributed by atoms with E-state index in [9.17, 15) is 63.3 Å². The van der Waals surface area contributed by atoms with Crippen LogP contribution in [0.5, 0.6) is 11.5 Å². The normalized spacial score (nSPS) is 21.8. The summed E-state index contributed by atoms with van der Waals surface area (Å²) in [5.41, 5.74) is 20.6. The number of aromatic hydroxyl groups is 2. The molecule has 11 amide bonds. The number of nitrogens with two attached hydrogens (primary N) is 3. The molecule has 2 aliphatic heterocycles. The molecule has 2 heterocycles. The van der Waals surface area contributed by atoms with Crippen LogP contribution < -0.4 is 70.4 Å². The number of phenolic OH excluding ortho intramolecular Hbond substituents is 2. The molecule has 5 aromatic carbocycles. The molecule has 27 heteroatoms. The fraction of sp³-hybridized carbons (Fsp3) is 0.322. The maximum absolute atomic E-state index is 14.9. The van der Waals surface area contributed by atoms with Crippen molar-refractivity contribution in [3.63, 3.8) is 0 Å². The largest absolute Gasteiger partial charge is 0.508 e. The molecule has 2 saturated heterocycles. The minimum Gasteiger partial charge on any atom is -0.508 e. The summed E-state index contributed by atoms with van der Waals surface area (Å²) < 4.78 is 0. The van der Waals surface area contributed by atoms with E-state index in [4.69, 9.17) is 28.8 Å². The summed E-state index contributed by atoms with van der Waals surface area (Å²) in [5, 5.41) is 58.1. The summed E-state index contributed by atoms with van der Waals surface area (Å²) >= 11 is 6.07. The highest BCUT2D eigenvalue weighted by Gasteiger charge is 2.51. The van der Waals surface area contributed by atoms with Gasteiger partial charge in [0.1, 0.15) is 53.8 Å². The Hall–Kier alpha value is -9.63. The number of para-hydroxylation sites is 1. The van der Waals surface area contributed by atoms with Crippen molar-refractivity contribution in [2.24, 2.45) is 23.1 Å². The second-order valence-corrected chi connectivity index (χ2v) is 21.2. The Balaban J connectivity index is 1.26. The molecular weight excluding hydrogens is 1130 g/mol. The van der Waals surface area contributed by atoms with Crippen LogP contribution in [0.3, 0.4) is 0 Å². The van der Waals surface area contributed by atoms with Gasteiger partial charge in [-0.15, -0.1) is 0 Å². The van der Waals surface area contributed by atoms with Crippen molar-refractivity contribution in [2.75, 3.05) is 23.7 Å². The summed E-state index contributed by atoms with van der Waals surface area (Å²) in [5.74, 6) is -12.0. The maximum Gasteiger partial charge on any atom is 0.323 e. The van der Waals surface area contributed by atoms with Gasteiger partial charge in [-0.05, 0) is 115 Å². The Morgan fingerprint density at radius 1 is 0.593 bits per heavy atom. The Kier molecular flexibility index (Phi) is 22.5. The molecule has 26 nitrogen and oxygen atoms in total. The molecule has 10 atom stereocenters. The van der Waals surface area contributed by atoms with Crippen LogP contribution in [0.2, 0.25) is 5.02 Å². The van der Waals surface area contributed by atoms with E-state index in [0.717, 1.165) is 0 Å². The van der Waals surface area contributed by atoms with Crippen LogP contribution in [0.4, 0.5) is 16.2 Å². The molecule has 0 aliphatic carbocycles. The molecule has 86 heavy (non-hydrogen) atoms. The van der Waals surface area contributed by atoms with Crippen molar-refractivity contribution >= 4 is 82.2 Å². The van der Waals surface area contributed by atoms with E-state index in [1.165, 1.54) is 48.5 Å². The molecule has 0 radical (unpaired) electrons. The first-order chi connectivity index (χ1) is 41.1. The highest BCUT2D eigenvalue weighted by atomic mass is 35.5. The van der Waals surface area contributed by atoms with Gasteiger partial charge in [-0.1, -0.05) is 78.3 Å². The number of anilines is 2. The Morgan fingerprint density at radius 2 is 1.10 bits per heavy atom. The number of halogens is 1. The lowest BCUT2D eigenvalue weighted by Crippen LogP contribution is -2.72. The maximum atomic E-state index is 14.9. The molecule has 0 aromatic heterocycles. The predicted molar refractivity (Wildman–Crippen MR) is 314 cm³/mol. The molecule has 19 N–H and O–H groups in total. The zero-order valence-electron chi connectivity index (χ0n) is 46.3. The zero-order chi connectivity index (χ0) is 62.0. The number of hydrogen-bond donors (Lipinski definition) is 16.